The molecule has 0 radical (unpaired) electrons. The summed E-state index contributed by atoms with van der Waals surface area (Å²) < 4.78 is 17.8. The van der Waals surface area contributed by atoms with E-state index in [1.54, 1.807) is 35.6 Å². The third kappa shape index (κ3) is 5.29. The van der Waals surface area contributed by atoms with Crippen LogP contribution in [0, 0.1) is 0 Å². The number of thiophene rings is 1. The van der Waals surface area contributed by atoms with Crippen molar-refractivity contribution in [1.82, 2.24) is 5.32 Å². The van der Waals surface area contributed by atoms with Crippen molar-refractivity contribution in [3.8, 4) is 0 Å². The molecule has 3 rings (SSSR count). The summed E-state index contributed by atoms with van der Waals surface area (Å²) in [4.78, 5) is 13.1. The summed E-state index contributed by atoms with van der Waals surface area (Å²) in [7, 11) is -1.14. The second-order valence-electron chi connectivity index (χ2n) is 5.39. The van der Waals surface area contributed by atoms with Crippen molar-refractivity contribution < 1.29 is 13.4 Å². The van der Waals surface area contributed by atoms with Gasteiger partial charge in [0.15, 0.2) is 5.76 Å². The van der Waals surface area contributed by atoms with Gasteiger partial charge in [-0.05, 0) is 41.3 Å². The summed E-state index contributed by atoms with van der Waals surface area (Å²) in [5, 5.41) is 5.38. The molecule has 1 amide bonds. The second kappa shape index (κ2) is 8.47. The van der Waals surface area contributed by atoms with Crippen molar-refractivity contribution in [2.24, 2.45) is 0 Å². The molecular formula is C18H16ClNO3S2. The molecule has 0 unspecified atom stereocenters. The van der Waals surface area contributed by atoms with Gasteiger partial charge in [-0.15, -0.1) is 11.3 Å². The van der Waals surface area contributed by atoms with Crippen LogP contribution < -0.4 is 5.32 Å². The number of hydrogen-bond acceptors (Lipinski definition) is 4. The van der Waals surface area contributed by atoms with E-state index in [2.05, 4.69) is 5.32 Å². The van der Waals surface area contributed by atoms with Crippen molar-refractivity contribution >= 4 is 39.6 Å². The molecule has 2 heterocycles. The number of benzene rings is 1. The van der Waals surface area contributed by atoms with Crippen LogP contribution in [-0.2, 0) is 28.9 Å². The lowest BCUT2D eigenvalue weighted by Crippen LogP contribution is -2.21. The van der Waals surface area contributed by atoms with Crippen LogP contribution in [0.3, 0.4) is 0 Å². The molecule has 3 aromatic rings. The van der Waals surface area contributed by atoms with E-state index in [1.165, 1.54) is 0 Å². The molecule has 7 heteroatoms. The lowest BCUT2D eigenvalue weighted by molar-refractivity contribution is 0.0922. The molecule has 2 aromatic heterocycles. The Labute approximate surface area is 157 Å². The molecule has 0 fully saturated rings. The molecule has 1 N–H and O–H groups in total. The Morgan fingerprint density at radius 2 is 2.04 bits per heavy atom. The molecular weight excluding hydrogens is 378 g/mol. The fourth-order valence-corrected chi connectivity index (χ4v) is 4.25. The van der Waals surface area contributed by atoms with Crippen molar-refractivity contribution in [3.63, 3.8) is 0 Å². The van der Waals surface area contributed by atoms with E-state index in [0.29, 0.717) is 23.1 Å². The van der Waals surface area contributed by atoms with E-state index in [4.69, 9.17) is 16.0 Å². The Bertz CT molecular complexity index is 874. The molecule has 1 aromatic carbocycles. The highest BCUT2D eigenvalue weighted by Crippen LogP contribution is 2.16. The average molecular weight is 394 g/mol. The molecule has 0 spiro atoms. The number of carbonyl (C=O) groups is 1. The monoisotopic (exact) mass is 393 g/mol. The SMILES string of the molecule is O=C(NCc1cccs1)c1ccc(C[S@](=O)Cc2cccc(Cl)c2)o1. The quantitative estimate of drug-likeness (QED) is 0.648. The number of hydrogen-bond donors (Lipinski definition) is 1. The minimum Gasteiger partial charge on any atom is -0.455 e. The highest BCUT2D eigenvalue weighted by Gasteiger charge is 2.13. The van der Waals surface area contributed by atoms with E-state index in [1.807, 2.05) is 29.6 Å². The Morgan fingerprint density at radius 3 is 2.80 bits per heavy atom. The zero-order chi connectivity index (χ0) is 17.6. The molecule has 130 valence electrons. The number of halogens is 1. The first-order valence-electron chi connectivity index (χ1n) is 7.59. The van der Waals surface area contributed by atoms with Crippen LogP contribution in [0.2, 0.25) is 5.02 Å². The maximum atomic E-state index is 12.3. The van der Waals surface area contributed by atoms with Gasteiger partial charge in [0.25, 0.3) is 5.91 Å². The van der Waals surface area contributed by atoms with Gasteiger partial charge in [-0.1, -0.05) is 29.8 Å². The van der Waals surface area contributed by atoms with Crippen LogP contribution in [0.25, 0.3) is 0 Å². The molecule has 4 nitrogen and oxygen atoms in total. The molecule has 0 aliphatic carbocycles. The smallest absolute Gasteiger partial charge is 0.287 e. The van der Waals surface area contributed by atoms with Gasteiger partial charge in [-0.3, -0.25) is 9.00 Å². The van der Waals surface area contributed by atoms with Crippen LogP contribution >= 0.6 is 22.9 Å². The van der Waals surface area contributed by atoms with Gasteiger partial charge < -0.3 is 9.73 Å². The Kier molecular flexibility index (Phi) is 6.07. The van der Waals surface area contributed by atoms with Crippen molar-refractivity contribution in [3.05, 3.63) is 80.9 Å². The number of rotatable bonds is 7. The predicted octanol–water partition coefficient (Wildman–Crippen LogP) is 4.37. The molecule has 1 atom stereocenters. The van der Waals surface area contributed by atoms with E-state index < -0.39 is 10.8 Å². The van der Waals surface area contributed by atoms with E-state index in [-0.39, 0.29) is 17.4 Å². The molecule has 0 aliphatic rings. The average Bonchev–Trinajstić information content (AvgIpc) is 3.24. The summed E-state index contributed by atoms with van der Waals surface area (Å²) in [5.74, 6) is 1.12. The number of furan rings is 1. The lowest BCUT2D eigenvalue weighted by Gasteiger charge is -2.02. The Balaban J connectivity index is 1.53. The van der Waals surface area contributed by atoms with Crippen molar-refractivity contribution in [1.29, 1.82) is 0 Å². The van der Waals surface area contributed by atoms with Gasteiger partial charge in [0.1, 0.15) is 5.76 Å². The molecule has 25 heavy (non-hydrogen) atoms. The number of nitrogens with one attached hydrogen (secondary N) is 1. The first-order chi connectivity index (χ1) is 12.1. The summed E-state index contributed by atoms with van der Waals surface area (Å²) >= 11 is 7.51. The number of amides is 1. The van der Waals surface area contributed by atoms with Gasteiger partial charge >= 0.3 is 0 Å². The zero-order valence-corrected chi connectivity index (χ0v) is 15.6. The van der Waals surface area contributed by atoms with E-state index in [9.17, 15) is 9.00 Å². The Morgan fingerprint density at radius 1 is 1.16 bits per heavy atom. The van der Waals surface area contributed by atoms with E-state index in [0.717, 1.165) is 10.4 Å². The third-order valence-electron chi connectivity index (χ3n) is 3.41. The zero-order valence-electron chi connectivity index (χ0n) is 13.2. The van der Waals surface area contributed by atoms with Crippen LogP contribution in [-0.4, -0.2) is 10.1 Å². The normalized spacial score (nSPS) is 12.0. The second-order valence-corrected chi connectivity index (χ2v) is 8.31. The molecule has 0 bridgehead atoms. The van der Waals surface area contributed by atoms with Crippen LogP contribution in [0.15, 0.2) is 58.3 Å². The summed E-state index contributed by atoms with van der Waals surface area (Å²) in [6, 6.07) is 14.5. The van der Waals surface area contributed by atoms with Gasteiger partial charge in [0.2, 0.25) is 0 Å². The lowest BCUT2D eigenvalue weighted by atomic mass is 10.2. The molecule has 0 saturated heterocycles. The van der Waals surface area contributed by atoms with Gasteiger partial charge in [0, 0.05) is 26.5 Å². The first kappa shape index (κ1) is 17.9. The predicted molar refractivity (Wildman–Crippen MR) is 101 cm³/mol. The summed E-state index contributed by atoms with van der Waals surface area (Å²) in [6.07, 6.45) is 0. The van der Waals surface area contributed by atoms with Gasteiger partial charge in [0.05, 0.1) is 12.3 Å². The topological polar surface area (TPSA) is 59.3 Å². The van der Waals surface area contributed by atoms with Crippen LogP contribution in [0.4, 0.5) is 0 Å². The Hall–Kier alpha value is -1.89. The van der Waals surface area contributed by atoms with Crippen LogP contribution in [0.5, 0.6) is 0 Å². The van der Waals surface area contributed by atoms with E-state index >= 15 is 0 Å². The fraction of sp³-hybridized carbons (Fsp3) is 0.167. The fourth-order valence-electron chi connectivity index (χ4n) is 2.27. The standard InChI is InChI=1S/C18H16ClNO3S2/c19-14-4-1-3-13(9-14)11-25(22)12-15-6-7-17(23-15)18(21)20-10-16-5-2-8-24-16/h1-9H,10-12H2,(H,20,21)/t25-/m1/s1. The molecule has 0 aliphatic heterocycles. The van der Waals surface area contributed by atoms with Crippen molar-refractivity contribution in [2.45, 2.75) is 18.1 Å². The largest absolute Gasteiger partial charge is 0.455 e. The number of carbonyl (C=O) groups excluding carboxylic acids is 1. The summed E-state index contributed by atoms with van der Waals surface area (Å²) in [5.41, 5.74) is 0.909. The van der Waals surface area contributed by atoms with Crippen LogP contribution in [0.1, 0.15) is 26.8 Å². The maximum Gasteiger partial charge on any atom is 0.287 e. The van der Waals surface area contributed by atoms with Gasteiger partial charge in [-0.2, -0.15) is 0 Å². The van der Waals surface area contributed by atoms with Crippen molar-refractivity contribution in [2.75, 3.05) is 0 Å². The van der Waals surface area contributed by atoms with Gasteiger partial charge in [-0.25, -0.2) is 0 Å². The first-order valence-corrected chi connectivity index (χ1v) is 10.3. The minimum absolute atomic E-state index is 0.228. The summed E-state index contributed by atoms with van der Waals surface area (Å²) in [6.45, 7) is 0.466. The third-order valence-corrected chi connectivity index (χ3v) is 5.78. The minimum atomic E-state index is -1.14. The molecule has 0 saturated carbocycles. The maximum absolute atomic E-state index is 12.3. The highest BCUT2D eigenvalue weighted by atomic mass is 35.5. The highest BCUT2D eigenvalue weighted by molar-refractivity contribution is 7.83.